The highest BCUT2D eigenvalue weighted by Crippen LogP contribution is 2.21. The number of pyridine rings is 1. The van der Waals surface area contributed by atoms with Crippen molar-refractivity contribution >= 4 is 31.9 Å². The molecule has 1 N–H and O–H groups in total. The molecule has 21 heavy (non-hydrogen) atoms. The minimum atomic E-state index is 0.820. The van der Waals surface area contributed by atoms with Crippen LogP contribution < -0.4 is 5.32 Å². The molecule has 0 aromatic carbocycles. The lowest BCUT2D eigenvalue weighted by molar-refractivity contribution is 0.189. The van der Waals surface area contributed by atoms with Crippen molar-refractivity contribution < 1.29 is 0 Å². The van der Waals surface area contributed by atoms with Crippen molar-refractivity contribution in [2.45, 2.75) is 51.1 Å². The van der Waals surface area contributed by atoms with E-state index in [1.165, 1.54) is 45.1 Å². The van der Waals surface area contributed by atoms with E-state index in [2.05, 4.69) is 54.1 Å². The largest absolute Gasteiger partial charge is 0.311 e. The standard InChI is InChI=1S/C16H25Br2N3/c1-21(14-6-3-2-4-7-14)9-5-8-19-12-16-15(18)10-13(17)11-20-16/h10-11,14,19H,2-9,12H2,1H3. The molecule has 1 heterocycles. The molecular formula is C16H25Br2N3. The molecule has 1 aromatic heterocycles. The van der Waals surface area contributed by atoms with Crippen LogP contribution in [0.15, 0.2) is 21.2 Å². The van der Waals surface area contributed by atoms with Gasteiger partial charge in [-0.2, -0.15) is 0 Å². The summed E-state index contributed by atoms with van der Waals surface area (Å²) in [5.74, 6) is 0. The molecule has 1 fully saturated rings. The molecule has 1 aliphatic carbocycles. The van der Waals surface area contributed by atoms with Gasteiger partial charge >= 0.3 is 0 Å². The molecule has 0 unspecified atom stereocenters. The molecule has 3 nitrogen and oxygen atoms in total. The van der Waals surface area contributed by atoms with Gasteiger partial charge in [-0.25, -0.2) is 0 Å². The fraction of sp³-hybridized carbons (Fsp3) is 0.688. The Labute approximate surface area is 145 Å². The van der Waals surface area contributed by atoms with E-state index in [9.17, 15) is 0 Å². The first-order valence-corrected chi connectivity index (χ1v) is 9.46. The van der Waals surface area contributed by atoms with Crippen LogP contribution in [0, 0.1) is 0 Å². The Kier molecular flexibility index (Phi) is 7.64. The number of halogens is 2. The molecule has 0 bridgehead atoms. The molecule has 0 radical (unpaired) electrons. The third-order valence-corrected chi connectivity index (χ3v) is 5.36. The number of nitrogens with one attached hydrogen (secondary N) is 1. The summed E-state index contributed by atoms with van der Waals surface area (Å²) in [5.41, 5.74) is 1.07. The highest BCUT2D eigenvalue weighted by Gasteiger charge is 2.17. The van der Waals surface area contributed by atoms with Gasteiger partial charge in [0.2, 0.25) is 0 Å². The van der Waals surface area contributed by atoms with Gasteiger partial charge in [-0.05, 0) is 77.3 Å². The third-order valence-electron chi connectivity index (χ3n) is 4.24. The molecule has 118 valence electrons. The highest BCUT2D eigenvalue weighted by atomic mass is 79.9. The Hall–Kier alpha value is 0.0300. The van der Waals surface area contributed by atoms with Crippen LogP contribution in [0.5, 0.6) is 0 Å². The van der Waals surface area contributed by atoms with Gasteiger partial charge in [0, 0.05) is 27.7 Å². The van der Waals surface area contributed by atoms with Crippen LogP contribution in [0.4, 0.5) is 0 Å². The van der Waals surface area contributed by atoms with E-state index in [1.807, 2.05) is 12.3 Å². The van der Waals surface area contributed by atoms with Gasteiger partial charge in [0.1, 0.15) is 0 Å². The first-order valence-electron chi connectivity index (χ1n) is 7.87. The van der Waals surface area contributed by atoms with Crippen LogP contribution in [-0.2, 0) is 6.54 Å². The molecule has 0 saturated heterocycles. The molecule has 0 spiro atoms. The molecular weight excluding hydrogens is 394 g/mol. The maximum Gasteiger partial charge on any atom is 0.0684 e. The summed E-state index contributed by atoms with van der Waals surface area (Å²) >= 11 is 6.98. The van der Waals surface area contributed by atoms with Crippen LogP contribution in [-0.4, -0.2) is 36.1 Å². The first-order chi connectivity index (χ1) is 10.2. The second kappa shape index (κ2) is 9.23. The summed E-state index contributed by atoms with van der Waals surface area (Å²) in [6, 6.07) is 2.86. The maximum absolute atomic E-state index is 4.42. The van der Waals surface area contributed by atoms with E-state index in [0.29, 0.717) is 0 Å². The summed E-state index contributed by atoms with van der Waals surface area (Å²) in [7, 11) is 2.28. The topological polar surface area (TPSA) is 28.2 Å². The third kappa shape index (κ3) is 5.97. The van der Waals surface area contributed by atoms with Gasteiger partial charge < -0.3 is 10.2 Å². The summed E-state index contributed by atoms with van der Waals surface area (Å²) in [4.78, 5) is 6.97. The van der Waals surface area contributed by atoms with E-state index in [0.717, 1.165) is 33.8 Å². The molecule has 0 aliphatic heterocycles. The lowest BCUT2D eigenvalue weighted by atomic mass is 9.94. The fourth-order valence-corrected chi connectivity index (χ4v) is 4.07. The van der Waals surface area contributed by atoms with E-state index in [1.54, 1.807) is 0 Å². The van der Waals surface area contributed by atoms with Gasteiger partial charge in [-0.1, -0.05) is 19.3 Å². The quantitative estimate of drug-likeness (QED) is 0.667. The van der Waals surface area contributed by atoms with Gasteiger partial charge in [0.15, 0.2) is 0 Å². The van der Waals surface area contributed by atoms with Gasteiger partial charge in [0.05, 0.1) is 5.69 Å². The highest BCUT2D eigenvalue weighted by molar-refractivity contribution is 9.11. The smallest absolute Gasteiger partial charge is 0.0684 e. The van der Waals surface area contributed by atoms with Crippen molar-refractivity contribution in [3.05, 3.63) is 26.9 Å². The zero-order chi connectivity index (χ0) is 15.1. The molecule has 0 amide bonds. The van der Waals surface area contributed by atoms with E-state index < -0.39 is 0 Å². The van der Waals surface area contributed by atoms with E-state index in [-0.39, 0.29) is 0 Å². The minimum Gasteiger partial charge on any atom is -0.311 e. The number of hydrogen-bond acceptors (Lipinski definition) is 3. The Morgan fingerprint density at radius 1 is 1.29 bits per heavy atom. The molecule has 2 rings (SSSR count). The summed E-state index contributed by atoms with van der Waals surface area (Å²) < 4.78 is 2.07. The Morgan fingerprint density at radius 3 is 2.76 bits per heavy atom. The van der Waals surface area contributed by atoms with Crippen LogP contribution in [0.2, 0.25) is 0 Å². The second-order valence-electron chi connectivity index (χ2n) is 5.88. The number of hydrogen-bond donors (Lipinski definition) is 1. The predicted octanol–water partition coefficient (Wildman–Crippen LogP) is 4.35. The first kappa shape index (κ1) is 17.4. The average Bonchev–Trinajstić information content (AvgIpc) is 2.49. The maximum atomic E-state index is 4.42. The molecule has 5 heteroatoms. The van der Waals surface area contributed by atoms with Crippen LogP contribution in [0.1, 0.15) is 44.2 Å². The van der Waals surface area contributed by atoms with Crippen molar-refractivity contribution in [3.8, 4) is 0 Å². The van der Waals surface area contributed by atoms with Crippen molar-refractivity contribution in [1.29, 1.82) is 0 Å². The lowest BCUT2D eigenvalue weighted by Gasteiger charge is -2.31. The predicted molar refractivity (Wildman–Crippen MR) is 95.5 cm³/mol. The Morgan fingerprint density at radius 2 is 2.05 bits per heavy atom. The van der Waals surface area contributed by atoms with Crippen molar-refractivity contribution in [2.24, 2.45) is 0 Å². The normalized spacial score (nSPS) is 16.6. The van der Waals surface area contributed by atoms with Gasteiger partial charge in [-0.3, -0.25) is 4.98 Å². The molecule has 1 aromatic rings. The van der Waals surface area contributed by atoms with Crippen LogP contribution >= 0.6 is 31.9 Å². The number of nitrogens with zero attached hydrogens (tertiary/aromatic N) is 2. The van der Waals surface area contributed by atoms with Gasteiger partial charge in [-0.15, -0.1) is 0 Å². The average molecular weight is 419 g/mol. The lowest BCUT2D eigenvalue weighted by Crippen LogP contribution is -2.35. The van der Waals surface area contributed by atoms with E-state index >= 15 is 0 Å². The number of aromatic nitrogens is 1. The van der Waals surface area contributed by atoms with Gasteiger partial charge in [0.25, 0.3) is 0 Å². The van der Waals surface area contributed by atoms with Crippen molar-refractivity contribution in [3.63, 3.8) is 0 Å². The zero-order valence-electron chi connectivity index (χ0n) is 12.7. The fourth-order valence-electron chi connectivity index (χ4n) is 2.94. The van der Waals surface area contributed by atoms with Crippen molar-refractivity contribution in [2.75, 3.05) is 20.1 Å². The summed E-state index contributed by atoms with van der Waals surface area (Å²) in [6.45, 7) is 3.05. The summed E-state index contributed by atoms with van der Waals surface area (Å²) in [5, 5.41) is 3.49. The van der Waals surface area contributed by atoms with Crippen molar-refractivity contribution in [1.82, 2.24) is 15.2 Å². The SMILES string of the molecule is CN(CCCNCc1ncc(Br)cc1Br)C1CCCCC1. The molecule has 1 saturated carbocycles. The molecule has 1 aliphatic rings. The second-order valence-corrected chi connectivity index (χ2v) is 7.65. The minimum absolute atomic E-state index is 0.820. The van der Waals surface area contributed by atoms with Crippen LogP contribution in [0.25, 0.3) is 0 Å². The van der Waals surface area contributed by atoms with E-state index in [4.69, 9.17) is 0 Å². The molecule has 0 atom stereocenters. The zero-order valence-corrected chi connectivity index (χ0v) is 15.9. The number of rotatable bonds is 7. The Balaban J connectivity index is 1.61. The van der Waals surface area contributed by atoms with Crippen LogP contribution in [0.3, 0.4) is 0 Å². The Bertz CT molecular complexity index is 434. The summed E-state index contributed by atoms with van der Waals surface area (Å²) in [6.07, 6.45) is 10.1. The monoisotopic (exact) mass is 417 g/mol.